The quantitative estimate of drug-likeness (QED) is 0.418. The standard InChI is InChI=1S/C12H18P/c1-12(11-7-6-10-13-11)8-4-2-3-5-9-12/h6-7,10H,2-5,8-9H2,1H3. The molecule has 1 heterocycles. The Balaban J connectivity index is 2.08. The van der Waals surface area contributed by atoms with Gasteiger partial charge in [-0.15, -0.1) is 0 Å². The molecule has 0 bridgehead atoms. The summed E-state index contributed by atoms with van der Waals surface area (Å²) >= 11 is 0. The van der Waals surface area contributed by atoms with Crippen LogP contribution in [0.2, 0.25) is 0 Å². The molecule has 1 heteroatoms. The van der Waals surface area contributed by atoms with E-state index in [1.807, 2.05) is 0 Å². The lowest BCUT2D eigenvalue weighted by Crippen LogP contribution is -2.15. The van der Waals surface area contributed by atoms with Crippen LogP contribution in [0.3, 0.4) is 0 Å². The van der Waals surface area contributed by atoms with Gasteiger partial charge in [-0.25, -0.2) is 0 Å². The van der Waals surface area contributed by atoms with Gasteiger partial charge in [-0.05, 0) is 32.2 Å². The van der Waals surface area contributed by atoms with Crippen molar-refractivity contribution >= 4 is 8.58 Å². The van der Waals surface area contributed by atoms with Gasteiger partial charge >= 0.3 is 0 Å². The molecule has 0 aromatic heterocycles. The van der Waals surface area contributed by atoms with Gasteiger partial charge in [0, 0.05) is 0 Å². The minimum atomic E-state index is 0.529. The Morgan fingerprint density at radius 3 is 2.38 bits per heavy atom. The lowest BCUT2D eigenvalue weighted by atomic mass is 9.82. The van der Waals surface area contributed by atoms with E-state index in [9.17, 15) is 0 Å². The fourth-order valence-corrected chi connectivity index (χ4v) is 3.46. The maximum absolute atomic E-state index is 2.46. The average Bonchev–Trinajstić information content (AvgIpc) is 2.57. The van der Waals surface area contributed by atoms with E-state index in [2.05, 4.69) is 24.9 Å². The number of hydrogen-bond donors (Lipinski definition) is 0. The highest BCUT2D eigenvalue weighted by Crippen LogP contribution is 2.50. The smallest absolute Gasteiger partial charge is 0.00644 e. The first-order chi connectivity index (χ1) is 6.31. The van der Waals surface area contributed by atoms with Crippen LogP contribution in [0.1, 0.15) is 45.4 Å². The van der Waals surface area contributed by atoms with Gasteiger partial charge in [0.25, 0.3) is 0 Å². The lowest BCUT2D eigenvalue weighted by molar-refractivity contribution is 0.360. The van der Waals surface area contributed by atoms with Gasteiger partial charge in [0.1, 0.15) is 0 Å². The third-order valence-electron chi connectivity index (χ3n) is 3.38. The van der Waals surface area contributed by atoms with Gasteiger partial charge in [0.15, 0.2) is 0 Å². The fraction of sp³-hybridized carbons (Fsp3) is 0.667. The molecule has 0 aromatic carbocycles. The van der Waals surface area contributed by atoms with E-state index >= 15 is 0 Å². The zero-order chi connectivity index (χ0) is 9.15. The molecule has 0 aromatic rings. The minimum Gasteiger partial charge on any atom is -0.0608 e. The summed E-state index contributed by atoms with van der Waals surface area (Å²) in [6.07, 6.45) is 13.1. The molecular weight excluding hydrogens is 175 g/mol. The largest absolute Gasteiger partial charge is 0.0608 e. The first-order valence-corrected chi connectivity index (χ1v) is 6.36. The second-order valence-electron chi connectivity index (χ2n) is 4.50. The van der Waals surface area contributed by atoms with Crippen LogP contribution in [0.5, 0.6) is 0 Å². The van der Waals surface area contributed by atoms with E-state index in [0.29, 0.717) is 5.41 Å². The second kappa shape index (κ2) is 3.96. The molecule has 13 heavy (non-hydrogen) atoms. The summed E-state index contributed by atoms with van der Waals surface area (Å²) in [4.78, 5) is 0. The van der Waals surface area contributed by atoms with Crippen molar-refractivity contribution in [2.75, 3.05) is 0 Å². The Morgan fingerprint density at radius 2 is 1.85 bits per heavy atom. The molecule has 1 saturated carbocycles. The molecule has 0 spiro atoms. The molecule has 0 unspecified atom stereocenters. The third kappa shape index (κ3) is 2.05. The SMILES string of the molecule is CC1(C2=CC=C[P]2)CCCCCC1. The summed E-state index contributed by atoms with van der Waals surface area (Å²) in [5, 5.41) is 1.66. The zero-order valence-corrected chi connectivity index (χ0v) is 9.32. The Hall–Kier alpha value is -0.0900. The maximum Gasteiger partial charge on any atom is -0.00644 e. The summed E-state index contributed by atoms with van der Waals surface area (Å²) in [5.41, 5.74) is 0.529. The van der Waals surface area contributed by atoms with Crippen molar-refractivity contribution in [2.45, 2.75) is 45.4 Å². The molecule has 0 saturated heterocycles. The van der Waals surface area contributed by atoms with Crippen molar-refractivity contribution < 1.29 is 0 Å². The molecule has 2 rings (SSSR count). The third-order valence-corrected chi connectivity index (χ3v) is 4.67. The number of allylic oxidation sites excluding steroid dienone is 3. The Morgan fingerprint density at radius 1 is 1.15 bits per heavy atom. The van der Waals surface area contributed by atoms with Gasteiger partial charge in [0.2, 0.25) is 0 Å². The molecular formula is C12H18P. The Kier molecular flexibility index (Phi) is 2.89. The normalized spacial score (nSPS) is 28.8. The maximum atomic E-state index is 2.46. The summed E-state index contributed by atoms with van der Waals surface area (Å²) in [6, 6.07) is 0. The predicted molar refractivity (Wildman–Crippen MR) is 60.0 cm³/mol. The Labute approximate surface area is 83.3 Å². The van der Waals surface area contributed by atoms with Crippen molar-refractivity contribution in [1.82, 2.24) is 0 Å². The number of hydrogen-bond acceptors (Lipinski definition) is 0. The van der Waals surface area contributed by atoms with Gasteiger partial charge in [-0.2, -0.15) is 0 Å². The number of rotatable bonds is 1. The second-order valence-corrected chi connectivity index (χ2v) is 5.54. The van der Waals surface area contributed by atoms with Crippen molar-refractivity contribution in [3.8, 4) is 0 Å². The van der Waals surface area contributed by atoms with Gasteiger partial charge < -0.3 is 0 Å². The zero-order valence-electron chi connectivity index (χ0n) is 8.42. The molecule has 1 radical (unpaired) electrons. The van der Waals surface area contributed by atoms with Crippen molar-refractivity contribution in [2.24, 2.45) is 5.41 Å². The summed E-state index contributed by atoms with van der Waals surface area (Å²) in [5.74, 6) is 2.27. The topological polar surface area (TPSA) is 0 Å². The van der Waals surface area contributed by atoms with Crippen LogP contribution in [-0.2, 0) is 0 Å². The molecule has 2 aliphatic rings. The summed E-state index contributed by atoms with van der Waals surface area (Å²) in [7, 11) is 1.46. The first-order valence-electron chi connectivity index (χ1n) is 5.39. The van der Waals surface area contributed by atoms with Crippen LogP contribution in [0.25, 0.3) is 0 Å². The Bertz CT molecular complexity index is 230. The molecule has 0 N–H and O–H groups in total. The molecule has 0 amide bonds. The molecule has 1 aliphatic carbocycles. The van der Waals surface area contributed by atoms with Crippen LogP contribution in [0.4, 0.5) is 0 Å². The minimum absolute atomic E-state index is 0.529. The molecule has 71 valence electrons. The lowest BCUT2D eigenvalue weighted by Gasteiger charge is -2.29. The molecule has 0 nitrogen and oxygen atoms in total. The van der Waals surface area contributed by atoms with E-state index in [4.69, 9.17) is 0 Å². The van der Waals surface area contributed by atoms with E-state index < -0.39 is 0 Å². The van der Waals surface area contributed by atoms with E-state index in [1.165, 1.54) is 47.1 Å². The van der Waals surface area contributed by atoms with E-state index in [-0.39, 0.29) is 0 Å². The van der Waals surface area contributed by atoms with E-state index in [0.717, 1.165) is 0 Å². The average molecular weight is 193 g/mol. The van der Waals surface area contributed by atoms with Crippen LogP contribution in [-0.4, -0.2) is 0 Å². The first kappa shape index (κ1) is 9.46. The molecule has 0 atom stereocenters. The summed E-state index contributed by atoms with van der Waals surface area (Å²) < 4.78 is 0. The van der Waals surface area contributed by atoms with Crippen LogP contribution < -0.4 is 0 Å². The molecule has 1 aliphatic heterocycles. The highest BCUT2D eigenvalue weighted by atomic mass is 31.1. The predicted octanol–water partition coefficient (Wildman–Crippen LogP) is 4.70. The highest BCUT2D eigenvalue weighted by Gasteiger charge is 2.29. The van der Waals surface area contributed by atoms with Crippen LogP contribution >= 0.6 is 8.58 Å². The van der Waals surface area contributed by atoms with Gasteiger partial charge in [0.05, 0.1) is 0 Å². The van der Waals surface area contributed by atoms with Crippen LogP contribution in [0, 0.1) is 5.41 Å². The van der Waals surface area contributed by atoms with Crippen molar-refractivity contribution in [3.05, 3.63) is 23.3 Å². The van der Waals surface area contributed by atoms with Crippen molar-refractivity contribution in [3.63, 3.8) is 0 Å². The summed E-state index contributed by atoms with van der Waals surface area (Å²) in [6.45, 7) is 2.46. The van der Waals surface area contributed by atoms with Crippen LogP contribution in [0.15, 0.2) is 23.3 Å². The highest BCUT2D eigenvalue weighted by molar-refractivity contribution is 7.47. The van der Waals surface area contributed by atoms with Gasteiger partial charge in [-0.1, -0.05) is 50.6 Å². The fourth-order valence-electron chi connectivity index (χ4n) is 2.42. The molecule has 1 fully saturated rings. The van der Waals surface area contributed by atoms with E-state index in [1.54, 1.807) is 5.31 Å². The van der Waals surface area contributed by atoms with Gasteiger partial charge in [-0.3, -0.25) is 0 Å². The monoisotopic (exact) mass is 193 g/mol. The van der Waals surface area contributed by atoms with Crippen molar-refractivity contribution in [1.29, 1.82) is 0 Å².